The molecular weight excluding hydrogens is 321 g/mol. The lowest BCUT2D eigenvalue weighted by atomic mass is 10.2. The number of hydrogen-bond acceptors (Lipinski definition) is 3. The highest BCUT2D eigenvalue weighted by atomic mass is 35.5. The number of rotatable bonds is 5. The van der Waals surface area contributed by atoms with Crippen molar-refractivity contribution in [3.63, 3.8) is 0 Å². The summed E-state index contributed by atoms with van der Waals surface area (Å²) < 4.78 is 0. The molecule has 0 spiro atoms. The molecule has 0 radical (unpaired) electrons. The SMILES string of the molecule is Cc1cccc(NCC(=O)NN=Cc2ccc(Cl)cc2Cl)c1. The molecule has 2 aromatic rings. The Kier molecular flexibility index (Phi) is 5.81. The summed E-state index contributed by atoms with van der Waals surface area (Å²) in [5.74, 6) is -0.247. The summed E-state index contributed by atoms with van der Waals surface area (Å²) in [7, 11) is 0. The number of hydrazone groups is 1. The van der Waals surface area contributed by atoms with E-state index in [2.05, 4.69) is 15.8 Å². The van der Waals surface area contributed by atoms with Gasteiger partial charge in [0, 0.05) is 16.3 Å². The van der Waals surface area contributed by atoms with Gasteiger partial charge < -0.3 is 5.32 Å². The van der Waals surface area contributed by atoms with Crippen LogP contribution in [0.25, 0.3) is 0 Å². The van der Waals surface area contributed by atoms with Gasteiger partial charge in [0.15, 0.2) is 0 Å². The molecule has 0 fully saturated rings. The van der Waals surface area contributed by atoms with Crippen molar-refractivity contribution >= 4 is 41.0 Å². The van der Waals surface area contributed by atoms with Crippen LogP contribution >= 0.6 is 23.2 Å². The first-order valence-corrected chi connectivity index (χ1v) is 7.38. The van der Waals surface area contributed by atoms with Crippen molar-refractivity contribution in [1.82, 2.24) is 5.43 Å². The molecule has 2 N–H and O–H groups in total. The smallest absolute Gasteiger partial charge is 0.259 e. The summed E-state index contributed by atoms with van der Waals surface area (Å²) in [5.41, 5.74) is 5.13. The van der Waals surface area contributed by atoms with Crippen molar-refractivity contribution in [2.45, 2.75) is 6.92 Å². The lowest BCUT2D eigenvalue weighted by Crippen LogP contribution is -2.25. The number of nitrogens with one attached hydrogen (secondary N) is 2. The van der Waals surface area contributed by atoms with Crippen LogP contribution in [-0.4, -0.2) is 18.7 Å². The third-order valence-electron chi connectivity index (χ3n) is 2.83. The summed E-state index contributed by atoms with van der Waals surface area (Å²) in [6, 6.07) is 12.8. The minimum atomic E-state index is -0.247. The van der Waals surface area contributed by atoms with E-state index in [-0.39, 0.29) is 12.5 Å². The fraction of sp³-hybridized carbons (Fsp3) is 0.125. The average molecular weight is 336 g/mol. The van der Waals surface area contributed by atoms with Crippen LogP contribution in [0.1, 0.15) is 11.1 Å². The van der Waals surface area contributed by atoms with Gasteiger partial charge in [0.05, 0.1) is 17.8 Å². The molecule has 0 saturated carbocycles. The van der Waals surface area contributed by atoms with E-state index < -0.39 is 0 Å². The number of nitrogens with zero attached hydrogens (tertiary/aromatic N) is 1. The van der Waals surface area contributed by atoms with Gasteiger partial charge in [0.25, 0.3) is 5.91 Å². The van der Waals surface area contributed by atoms with E-state index in [1.165, 1.54) is 6.21 Å². The first-order valence-electron chi connectivity index (χ1n) is 6.62. The van der Waals surface area contributed by atoms with Crippen molar-refractivity contribution in [2.24, 2.45) is 5.10 Å². The normalized spacial score (nSPS) is 10.7. The van der Waals surface area contributed by atoms with Crippen molar-refractivity contribution < 1.29 is 4.79 Å². The highest BCUT2D eigenvalue weighted by Crippen LogP contribution is 2.19. The van der Waals surface area contributed by atoms with E-state index in [1.54, 1.807) is 18.2 Å². The van der Waals surface area contributed by atoms with Gasteiger partial charge in [0.2, 0.25) is 0 Å². The standard InChI is InChI=1S/C16H15Cl2N3O/c1-11-3-2-4-14(7-11)19-10-16(22)21-20-9-12-5-6-13(17)8-15(12)18/h2-9,19H,10H2,1H3,(H,21,22). The Hall–Kier alpha value is -2.04. The van der Waals surface area contributed by atoms with Crippen LogP contribution in [0.3, 0.4) is 0 Å². The Morgan fingerprint density at radius 2 is 2.05 bits per heavy atom. The van der Waals surface area contributed by atoms with E-state index >= 15 is 0 Å². The molecule has 1 amide bonds. The molecule has 0 aliphatic rings. The van der Waals surface area contributed by atoms with Gasteiger partial charge in [-0.2, -0.15) is 5.10 Å². The zero-order valence-corrected chi connectivity index (χ0v) is 13.4. The zero-order chi connectivity index (χ0) is 15.9. The number of halogens is 2. The Bertz CT molecular complexity index is 702. The first kappa shape index (κ1) is 16.3. The summed E-state index contributed by atoms with van der Waals surface area (Å²) in [6.45, 7) is 2.13. The molecule has 2 aromatic carbocycles. The highest BCUT2D eigenvalue weighted by molar-refractivity contribution is 6.36. The molecule has 0 bridgehead atoms. The van der Waals surface area contributed by atoms with E-state index in [9.17, 15) is 4.79 Å². The molecule has 0 aliphatic heterocycles. The molecule has 6 heteroatoms. The van der Waals surface area contributed by atoms with Crippen LogP contribution in [-0.2, 0) is 4.79 Å². The molecule has 0 aliphatic carbocycles. The summed E-state index contributed by atoms with van der Waals surface area (Å²) in [5, 5.41) is 7.92. The molecule has 0 saturated heterocycles. The lowest BCUT2D eigenvalue weighted by molar-refractivity contribution is -0.119. The molecule has 22 heavy (non-hydrogen) atoms. The van der Waals surface area contributed by atoms with Gasteiger partial charge in [-0.1, -0.05) is 41.4 Å². The number of hydrogen-bond donors (Lipinski definition) is 2. The first-order chi connectivity index (χ1) is 10.5. The number of anilines is 1. The fourth-order valence-electron chi connectivity index (χ4n) is 1.76. The second-order valence-electron chi connectivity index (χ2n) is 4.68. The number of amides is 1. The molecule has 0 heterocycles. The maximum Gasteiger partial charge on any atom is 0.259 e. The Morgan fingerprint density at radius 3 is 2.77 bits per heavy atom. The maximum absolute atomic E-state index is 11.7. The highest BCUT2D eigenvalue weighted by Gasteiger charge is 2.01. The minimum absolute atomic E-state index is 0.134. The van der Waals surface area contributed by atoms with Crippen molar-refractivity contribution in [2.75, 3.05) is 11.9 Å². The quantitative estimate of drug-likeness (QED) is 0.643. The summed E-state index contributed by atoms with van der Waals surface area (Å²) >= 11 is 11.8. The average Bonchev–Trinajstić information content (AvgIpc) is 2.47. The molecule has 114 valence electrons. The number of carbonyl (C=O) groups excluding carboxylic acids is 1. The van der Waals surface area contributed by atoms with Crippen LogP contribution in [0, 0.1) is 6.92 Å². The summed E-state index contributed by atoms with van der Waals surface area (Å²) in [6.07, 6.45) is 1.48. The van der Waals surface area contributed by atoms with Gasteiger partial charge in [-0.25, -0.2) is 5.43 Å². The third kappa shape index (κ3) is 5.06. The van der Waals surface area contributed by atoms with Gasteiger partial charge in [-0.15, -0.1) is 0 Å². The van der Waals surface area contributed by atoms with Crippen LogP contribution in [0.15, 0.2) is 47.6 Å². The monoisotopic (exact) mass is 335 g/mol. The Balaban J connectivity index is 1.83. The second kappa shape index (κ2) is 7.82. The van der Waals surface area contributed by atoms with Crippen LogP contribution < -0.4 is 10.7 Å². The van der Waals surface area contributed by atoms with Gasteiger partial charge in [0.1, 0.15) is 0 Å². The van der Waals surface area contributed by atoms with Gasteiger partial charge in [-0.05, 0) is 36.8 Å². The summed E-state index contributed by atoms with van der Waals surface area (Å²) in [4.78, 5) is 11.7. The Morgan fingerprint density at radius 1 is 1.23 bits per heavy atom. The molecule has 4 nitrogen and oxygen atoms in total. The van der Waals surface area contributed by atoms with Crippen molar-refractivity contribution in [1.29, 1.82) is 0 Å². The minimum Gasteiger partial charge on any atom is -0.376 e. The van der Waals surface area contributed by atoms with Gasteiger partial charge in [-0.3, -0.25) is 4.79 Å². The van der Waals surface area contributed by atoms with Crippen LogP contribution in [0.2, 0.25) is 10.0 Å². The molecule has 0 aromatic heterocycles. The number of carbonyl (C=O) groups is 1. The lowest BCUT2D eigenvalue weighted by Gasteiger charge is -2.05. The molecular formula is C16H15Cl2N3O. The van der Waals surface area contributed by atoms with E-state index in [0.29, 0.717) is 15.6 Å². The topological polar surface area (TPSA) is 53.5 Å². The molecule has 0 unspecified atom stereocenters. The predicted molar refractivity (Wildman–Crippen MR) is 91.9 cm³/mol. The zero-order valence-electron chi connectivity index (χ0n) is 11.9. The van der Waals surface area contributed by atoms with Gasteiger partial charge >= 0.3 is 0 Å². The number of aryl methyl sites for hydroxylation is 1. The predicted octanol–water partition coefficient (Wildman–Crippen LogP) is 3.86. The van der Waals surface area contributed by atoms with E-state index in [1.807, 2.05) is 31.2 Å². The molecule has 0 atom stereocenters. The molecule has 2 rings (SSSR count). The number of benzene rings is 2. The van der Waals surface area contributed by atoms with E-state index in [4.69, 9.17) is 23.2 Å². The van der Waals surface area contributed by atoms with Crippen molar-refractivity contribution in [3.8, 4) is 0 Å². The fourth-order valence-corrected chi connectivity index (χ4v) is 2.21. The largest absolute Gasteiger partial charge is 0.376 e. The third-order valence-corrected chi connectivity index (χ3v) is 3.39. The van der Waals surface area contributed by atoms with Crippen LogP contribution in [0.4, 0.5) is 5.69 Å². The second-order valence-corrected chi connectivity index (χ2v) is 5.53. The van der Waals surface area contributed by atoms with E-state index in [0.717, 1.165) is 11.3 Å². The van der Waals surface area contributed by atoms with Crippen molar-refractivity contribution in [3.05, 3.63) is 63.6 Å². The maximum atomic E-state index is 11.7. The van der Waals surface area contributed by atoms with Crippen LogP contribution in [0.5, 0.6) is 0 Å². The Labute approximate surface area is 139 Å².